The Labute approximate surface area is 109 Å². The summed E-state index contributed by atoms with van der Waals surface area (Å²) in [7, 11) is 0. The lowest BCUT2D eigenvalue weighted by molar-refractivity contribution is 0.689. The van der Waals surface area contributed by atoms with E-state index in [1.165, 1.54) is 11.1 Å². The summed E-state index contributed by atoms with van der Waals surface area (Å²) in [6.07, 6.45) is 0. The molecule has 0 atom stereocenters. The van der Waals surface area contributed by atoms with Gasteiger partial charge in [0.2, 0.25) is 0 Å². The highest BCUT2D eigenvalue weighted by Gasteiger charge is 2.03. The monoisotopic (exact) mass is 240 g/mol. The topological polar surface area (TPSA) is 38.0 Å². The summed E-state index contributed by atoms with van der Waals surface area (Å²) in [5.41, 5.74) is 10.2. The largest absolute Gasteiger partial charge is 0.397 e. The van der Waals surface area contributed by atoms with Crippen LogP contribution < -0.4 is 11.1 Å². The zero-order valence-corrected chi connectivity index (χ0v) is 11.0. The van der Waals surface area contributed by atoms with Crippen LogP contribution in [-0.2, 0) is 0 Å². The van der Waals surface area contributed by atoms with E-state index in [1.54, 1.807) is 0 Å². The average Bonchev–Trinajstić information content (AvgIpc) is 2.38. The highest BCUT2D eigenvalue weighted by molar-refractivity contribution is 5.76. The predicted octanol–water partition coefficient (Wildman–Crippen LogP) is 4.00. The van der Waals surface area contributed by atoms with Gasteiger partial charge in [-0.1, -0.05) is 50.2 Å². The molecule has 0 radical (unpaired) electrons. The maximum atomic E-state index is 5.99. The molecular weight excluding hydrogens is 220 g/mol. The zero-order valence-electron chi connectivity index (χ0n) is 11.0. The highest BCUT2D eigenvalue weighted by Crippen LogP contribution is 2.27. The predicted molar refractivity (Wildman–Crippen MR) is 79.6 cm³/mol. The first-order chi connectivity index (χ1) is 8.66. The molecule has 0 fully saturated rings. The number of hydrogen-bond acceptors (Lipinski definition) is 2. The van der Waals surface area contributed by atoms with Gasteiger partial charge in [-0.3, -0.25) is 0 Å². The quantitative estimate of drug-likeness (QED) is 0.793. The van der Waals surface area contributed by atoms with Crippen molar-refractivity contribution in [3.05, 3.63) is 48.5 Å². The molecule has 2 heteroatoms. The highest BCUT2D eigenvalue weighted by atomic mass is 14.9. The number of nitrogens with two attached hydrogens (primary N) is 1. The average molecular weight is 240 g/mol. The third kappa shape index (κ3) is 3.04. The van der Waals surface area contributed by atoms with Crippen LogP contribution in [-0.4, -0.2) is 6.54 Å². The van der Waals surface area contributed by atoms with Crippen molar-refractivity contribution in [2.24, 2.45) is 5.92 Å². The number of nitrogens with one attached hydrogen (secondary N) is 1. The minimum atomic E-state index is 0.602. The number of hydrogen-bond donors (Lipinski definition) is 2. The third-order valence-corrected chi connectivity index (χ3v) is 2.86. The molecule has 2 rings (SSSR count). The van der Waals surface area contributed by atoms with Crippen LogP contribution in [0.4, 0.5) is 11.4 Å². The molecule has 0 aliphatic carbocycles. The van der Waals surface area contributed by atoms with Gasteiger partial charge in [0.25, 0.3) is 0 Å². The summed E-state index contributed by atoms with van der Waals surface area (Å²) in [5, 5.41) is 3.40. The Morgan fingerprint density at radius 1 is 1.00 bits per heavy atom. The van der Waals surface area contributed by atoms with Crippen molar-refractivity contribution in [1.29, 1.82) is 0 Å². The fourth-order valence-electron chi connectivity index (χ4n) is 1.83. The van der Waals surface area contributed by atoms with Crippen LogP contribution >= 0.6 is 0 Å². The van der Waals surface area contributed by atoms with Gasteiger partial charge in [0.05, 0.1) is 11.4 Å². The van der Waals surface area contributed by atoms with Gasteiger partial charge in [-0.2, -0.15) is 0 Å². The second-order valence-electron chi connectivity index (χ2n) is 4.94. The van der Waals surface area contributed by atoms with E-state index in [4.69, 9.17) is 5.73 Å². The molecular formula is C16H20N2. The minimum Gasteiger partial charge on any atom is -0.397 e. The smallest absolute Gasteiger partial charge is 0.0580 e. The standard InChI is InChI=1S/C16H20N2/c1-12(2)11-18-16-10-14(8-9-15(16)17)13-6-4-3-5-7-13/h3-10,12,18H,11,17H2,1-2H3. The van der Waals surface area contributed by atoms with E-state index in [0.717, 1.165) is 17.9 Å². The molecule has 2 aromatic carbocycles. The molecule has 0 saturated carbocycles. The number of rotatable bonds is 4. The molecule has 0 saturated heterocycles. The van der Waals surface area contributed by atoms with Crippen molar-refractivity contribution < 1.29 is 0 Å². The molecule has 0 spiro atoms. The molecule has 0 bridgehead atoms. The molecule has 94 valence electrons. The summed E-state index contributed by atoms with van der Waals surface area (Å²) in [6, 6.07) is 16.5. The normalized spacial score (nSPS) is 10.6. The van der Waals surface area contributed by atoms with Gasteiger partial charge in [-0.05, 0) is 29.2 Å². The van der Waals surface area contributed by atoms with Crippen LogP contribution in [0.5, 0.6) is 0 Å². The Bertz CT molecular complexity index is 504. The van der Waals surface area contributed by atoms with Crippen LogP contribution in [0.3, 0.4) is 0 Å². The van der Waals surface area contributed by atoms with Gasteiger partial charge in [-0.15, -0.1) is 0 Å². The summed E-state index contributed by atoms with van der Waals surface area (Å²) in [4.78, 5) is 0. The Kier molecular flexibility index (Phi) is 3.88. The Balaban J connectivity index is 2.26. The van der Waals surface area contributed by atoms with E-state index in [9.17, 15) is 0 Å². The maximum Gasteiger partial charge on any atom is 0.0580 e. The van der Waals surface area contributed by atoms with Crippen molar-refractivity contribution in [3.8, 4) is 11.1 Å². The van der Waals surface area contributed by atoms with Crippen molar-refractivity contribution in [1.82, 2.24) is 0 Å². The number of nitrogen functional groups attached to an aromatic ring is 1. The molecule has 0 heterocycles. The van der Waals surface area contributed by atoms with Gasteiger partial charge in [-0.25, -0.2) is 0 Å². The first kappa shape index (κ1) is 12.5. The second kappa shape index (κ2) is 5.58. The van der Waals surface area contributed by atoms with Gasteiger partial charge in [0.15, 0.2) is 0 Å². The molecule has 3 N–H and O–H groups in total. The Hall–Kier alpha value is -1.96. The summed E-state index contributed by atoms with van der Waals surface area (Å²) in [5.74, 6) is 0.602. The third-order valence-electron chi connectivity index (χ3n) is 2.86. The molecule has 0 amide bonds. The molecule has 18 heavy (non-hydrogen) atoms. The molecule has 0 unspecified atom stereocenters. The Morgan fingerprint density at radius 3 is 2.39 bits per heavy atom. The Morgan fingerprint density at radius 2 is 1.72 bits per heavy atom. The van der Waals surface area contributed by atoms with Crippen LogP contribution in [0.2, 0.25) is 0 Å². The zero-order chi connectivity index (χ0) is 13.0. The molecule has 2 aromatic rings. The van der Waals surface area contributed by atoms with Crippen molar-refractivity contribution in [2.75, 3.05) is 17.6 Å². The van der Waals surface area contributed by atoms with E-state index >= 15 is 0 Å². The van der Waals surface area contributed by atoms with Crippen LogP contribution in [0, 0.1) is 5.92 Å². The number of benzene rings is 2. The van der Waals surface area contributed by atoms with Crippen molar-refractivity contribution >= 4 is 11.4 Å². The fraction of sp³-hybridized carbons (Fsp3) is 0.250. The van der Waals surface area contributed by atoms with Crippen LogP contribution in [0.15, 0.2) is 48.5 Å². The van der Waals surface area contributed by atoms with Gasteiger partial charge in [0.1, 0.15) is 0 Å². The summed E-state index contributed by atoms with van der Waals surface area (Å²) >= 11 is 0. The second-order valence-corrected chi connectivity index (χ2v) is 4.94. The van der Waals surface area contributed by atoms with E-state index in [-0.39, 0.29) is 0 Å². The SMILES string of the molecule is CC(C)CNc1cc(-c2ccccc2)ccc1N. The molecule has 0 aliphatic heterocycles. The van der Waals surface area contributed by atoms with E-state index < -0.39 is 0 Å². The molecule has 2 nitrogen and oxygen atoms in total. The van der Waals surface area contributed by atoms with Gasteiger partial charge < -0.3 is 11.1 Å². The first-order valence-electron chi connectivity index (χ1n) is 6.35. The first-order valence-corrected chi connectivity index (χ1v) is 6.35. The van der Waals surface area contributed by atoms with Gasteiger partial charge in [0, 0.05) is 6.54 Å². The van der Waals surface area contributed by atoms with Crippen molar-refractivity contribution in [2.45, 2.75) is 13.8 Å². The number of anilines is 2. The van der Waals surface area contributed by atoms with Crippen molar-refractivity contribution in [3.63, 3.8) is 0 Å². The fourth-order valence-corrected chi connectivity index (χ4v) is 1.83. The van der Waals surface area contributed by atoms with E-state index in [2.05, 4.69) is 43.4 Å². The van der Waals surface area contributed by atoms with E-state index in [0.29, 0.717) is 5.92 Å². The lowest BCUT2D eigenvalue weighted by Crippen LogP contribution is -2.09. The van der Waals surface area contributed by atoms with Gasteiger partial charge >= 0.3 is 0 Å². The lowest BCUT2D eigenvalue weighted by Gasteiger charge is -2.13. The minimum absolute atomic E-state index is 0.602. The lowest BCUT2D eigenvalue weighted by atomic mass is 10.0. The van der Waals surface area contributed by atoms with Crippen LogP contribution in [0.1, 0.15) is 13.8 Å². The molecule has 0 aromatic heterocycles. The van der Waals surface area contributed by atoms with E-state index in [1.807, 2.05) is 24.3 Å². The summed E-state index contributed by atoms with van der Waals surface area (Å²) in [6.45, 7) is 5.30. The molecule has 0 aliphatic rings. The maximum absolute atomic E-state index is 5.99. The summed E-state index contributed by atoms with van der Waals surface area (Å²) < 4.78 is 0. The van der Waals surface area contributed by atoms with Crippen LogP contribution in [0.25, 0.3) is 11.1 Å².